The van der Waals surface area contributed by atoms with Crippen molar-refractivity contribution in [2.45, 2.75) is 13.3 Å². The van der Waals surface area contributed by atoms with Crippen molar-refractivity contribution in [3.05, 3.63) is 53.8 Å². The Morgan fingerprint density at radius 1 is 1.20 bits per heavy atom. The number of hydrogen-bond acceptors (Lipinski definition) is 2. The minimum atomic E-state index is -0.298. The molecular weight excluding hydrogens is 257 g/mol. The first kappa shape index (κ1) is 14.1. The molecule has 0 unspecified atom stereocenters. The van der Waals surface area contributed by atoms with Crippen LogP contribution in [0, 0.1) is 5.82 Å². The zero-order chi connectivity index (χ0) is 14.5. The van der Waals surface area contributed by atoms with Crippen LogP contribution in [-0.2, 0) is 11.2 Å². The monoisotopic (exact) mass is 273 g/mol. The zero-order valence-corrected chi connectivity index (χ0v) is 11.2. The molecule has 2 aromatic carbocycles. The number of aromatic hydroxyl groups is 1. The van der Waals surface area contributed by atoms with Crippen molar-refractivity contribution in [3.8, 4) is 16.9 Å². The van der Waals surface area contributed by atoms with Crippen LogP contribution in [0.2, 0.25) is 0 Å². The van der Waals surface area contributed by atoms with Gasteiger partial charge in [0, 0.05) is 13.5 Å². The second kappa shape index (κ2) is 6.19. The lowest BCUT2D eigenvalue weighted by Crippen LogP contribution is -2.22. The van der Waals surface area contributed by atoms with Gasteiger partial charge in [0.1, 0.15) is 11.6 Å². The molecule has 20 heavy (non-hydrogen) atoms. The summed E-state index contributed by atoms with van der Waals surface area (Å²) in [4.78, 5) is 10.9. The van der Waals surface area contributed by atoms with E-state index >= 15 is 0 Å². The summed E-state index contributed by atoms with van der Waals surface area (Å²) < 4.78 is 13.0. The third-order valence-electron chi connectivity index (χ3n) is 3.02. The summed E-state index contributed by atoms with van der Waals surface area (Å²) in [6.45, 7) is 1.99. The number of amides is 1. The van der Waals surface area contributed by atoms with Gasteiger partial charge in [-0.15, -0.1) is 0 Å². The molecule has 1 amide bonds. The van der Waals surface area contributed by atoms with E-state index in [-0.39, 0.29) is 17.5 Å². The fourth-order valence-corrected chi connectivity index (χ4v) is 2.05. The zero-order valence-electron chi connectivity index (χ0n) is 11.2. The average Bonchev–Trinajstić information content (AvgIpc) is 2.41. The van der Waals surface area contributed by atoms with E-state index in [1.54, 1.807) is 24.3 Å². The van der Waals surface area contributed by atoms with E-state index in [9.17, 15) is 14.3 Å². The fourth-order valence-electron chi connectivity index (χ4n) is 2.05. The van der Waals surface area contributed by atoms with Crippen molar-refractivity contribution in [2.24, 2.45) is 0 Å². The molecule has 0 aliphatic carbocycles. The van der Waals surface area contributed by atoms with Crippen LogP contribution in [0.15, 0.2) is 42.5 Å². The van der Waals surface area contributed by atoms with Crippen molar-refractivity contribution in [1.29, 1.82) is 0 Å². The number of carbonyl (C=O) groups is 1. The van der Waals surface area contributed by atoms with Crippen LogP contribution >= 0.6 is 0 Å². The van der Waals surface area contributed by atoms with Gasteiger partial charge in [0.15, 0.2) is 0 Å². The Morgan fingerprint density at radius 2 is 1.90 bits per heavy atom. The highest BCUT2D eigenvalue weighted by atomic mass is 19.1. The smallest absolute Gasteiger partial charge is 0.216 e. The van der Waals surface area contributed by atoms with E-state index < -0.39 is 0 Å². The highest BCUT2D eigenvalue weighted by molar-refractivity contribution is 5.73. The first-order valence-electron chi connectivity index (χ1n) is 6.38. The van der Waals surface area contributed by atoms with Crippen molar-refractivity contribution in [2.75, 3.05) is 6.54 Å². The maximum atomic E-state index is 13.0. The lowest BCUT2D eigenvalue weighted by Gasteiger charge is -2.11. The number of phenols is 1. The van der Waals surface area contributed by atoms with Gasteiger partial charge < -0.3 is 10.4 Å². The number of nitrogens with one attached hydrogen (secondary N) is 1. The van der Waals surface area contributed by atoms with Crippen LogP contribution in [0.1, 0.15) is 12.5 Å². The molecule has 0 aliphatic heterocycles. The van der Waals surface area contributed by atoms with E-state index in [0.29, 0.717) is 13.0 Å². The Bertz CT molecular complexity index is 608. The third kappa shape index (κ3) is 3.57. The molecule has 104 valence electrons. The number of carbonyl (C=O) groups excluding carboxylic acids is 1. The van der Waals surface area contributed by atoms with Gasteiger partial charge in [-0.25, -0.2) is 4.39 Å². The van der Waals surface area contributed by atoms with Crippen LogP contribution in [0.5, 0.6) is 5.75 Å². The first-order valence-corrected chi connectivity index (χ1v) is 6.38. The lowest BCUT2D eigenvalue weighted by atomic mass is 9.97. The van der Waals surface area contributed by atoms with Gasteiger partial charge in [-0.3, -0.25) is 4.79 Å². The highest BCUT2D eigenvalue weighted by Gasteiger charge is 2.07. The van der Waals surface area contributed by atoms with Gasteiger partial charge in [-0.1, -0.05) is 18.2 Å². The first-order chi connectivity index (χ1) is 9.56. The minimum absolute atomic E-state index is 0.0767. The van der Waals surface area contributed by atoms with Crippen molar-refractivity contribution in [1.82, 2.24) is 5.32 Å². The largest absolute Gasteiger partial charge is 0.508 e. The van der Waals surface area contributed by atoms with Gasteiger partial charge in [-0.05, 0) is 47.4 Å². The van der Waals surface area contributed by atoms with Gasteiger partial charge in [0.25, 0.3) is 0 Å². The molecule has 0 radical (unpaired) electrons. The van der Waals surface area contributed by atoms with Crippen LogP contribution < -0.4 is 5.32 Å². The van der Waals surface area contributed by atoms with Crippen molar-refractivity contribution >= 4 is 5.91 Å². The normalized spacial score (nSPS) is 10.3. The molecule has 0 heterocycles. The van der Waals surface area contributed by atoms with E-state index in [0.717, 1.165) is 16.7 Å². The Morgan fingerprint density at radius 3 is 2.55 bits per heavy atom. The molecule has 0 aliphatic rings. The molecule has 0 saturated heterocycles. The van der Waals surface area contributed by atoms with E-state index in [4.69, 9.17) is 0 Å². The maximum Gasteiger partial charge on any atom is 0.216 e. The molecule has 0 aromatic heterocycles. The summed E-state index contributed by atoms with van der Waals surface area (Å²) in [5, 5.41) is 12.4. The van der Waals surface area contributed by atoms with Gasteiger partial charge in [0.2, 0.25) is 5.91 Å². The topological polar surface area (TPSA) is 49.3 Å². The van der Waals surface area contributed by atoms with E-state index in [1.165, 1.54) is 19.1 Å². The highest BCUT2D eigenvalue weighted by Crippen LogP contribution is 2.28. The summed E-state index contributed by atoms with van der Waals surface area (Å²) in [5.41, 5.74) is 2.67. The average molecular weight is 273 g/mol. The molecule has 0 fully saturated rings. The maximum absolute atomic E-state index is 13.0. The second-order valence-electron chi connectivity index (χ2n) is 4.58. The van der Waals surface area contributed by atoms with Gasteiger partial charge in [-0.2, -0.15) is 0 Å². The SMILES string of the molecule is CC(=O)NCCc1ccc(O)cc1-c1ccc(F)cc1. The summed E-state index contributed by atoms with van der Waals surface area (Å²) in [6, 6.07) is 11.2. The summed E-state index contributed by atoms with van der Waals surface area (Å²) >= 11 is 0. The van der Waals surface area contributed by atoms with Crippen LogP contribution in [0.3, 0.4) is 0 Å². The Balaban J connectivity index is 2.28. The van der Waals surface area contributed by atoms with E-state index in [2.05, 4.69) is 5.32 Å². The van der Waals surface area contributed by atoms with Crippen molar-refractivity contribution < 1.29 is 14.3 Å². The quantitative estimate of drug-likeness (QED) is 0.900. The number of phenolic OH excluding ortho intramolecular Hbond substituents is 1. The number of halogens is 1. The molecule has 0 spiro atoms. The van der Waals surface area contributed by atoms with Gasteiger partial charge >= 0.3 is 0 Å². The van der Waals surface area contributed by atoms with E-state index in [1.807, 2.05) is 6.07 Å². The second-order valence-corrected chi connectivity index (χ2v) is 4.58. The summed E-state index contributed by atoms with van der Waals surface area (Å²) in [6.07, 6.45) is 0.645. The Labute approximate surface area is 117 Å². The molecule has 0 saturated carbocycles. The standard InChI is InChI=1S/C16H16FNO2/c1-11(19)18-9-8-13-4-7-15(20)10-16(13)12-2-5-14(17)6-3-12/h2-7,10,20H,8-9H2,1H3,(H,18,19). The molecule has 2 N–H and O–H groups in total. The van der Waals surface area contributed by atoms with Crippen molar-refractivity contribution in [3.63, 3.8) is 0 Å². The number of benzene rings is 2. The van der Waals surface area contributed by atoms with Gasteiger partial charge in [0.05, 0.1) is 0 Å². The van der Waals surface area contributed by atoms with Crippen LogP contribution in [-0.4, -0.2) is 17.6 Å². The third-order valence-corrected chi connectivity index (χ3v) is 3.02. The summed E-state index contributed by atoms with van der Waals surface area (Å²) in [7, 11) is 0. The Hall–Kier alpha value is -2.36. The lowest BCUT2D eigenvalue weighted by molar-refractivity contribution is -0.118. The molecule has 4 heteroatoms. The molecule has 3 nitrogen and oxygen atoms in total. The molecule has 2 aromatic rings. The predicted octanol–water partition coefficient (Wildman–Crippen LogP) is 2.88. The van der Waals surface area contributed by atoms with Crippen LogP contribution in [0.4, 0.5) is 4.39 Å². The summed E-state index contributed by atoms with van der Waals surface area (Å²) in [5.74, 6) is -0.214. The molecule has 2 rings (SSSR count). The fraction of sp³-hybridized carbons (Fsp3) is 0.188. The van der Waals surface area contributed by atoms with Crippen LogP contribution in [0.25, 0.3) is 11.1 Å². The number of rotatable bonds is 4. The molecular formula is C16H16FNO2. The predicted molar refractivity (Wildman–Crippen MR) is 75.9 cm³/mol. The molecule has 0 atom stereocenters. The molecule has 0 bridgehead atoms. The minimum Gasteiger partial charge on any atom is -0.508 e. The Kier molecular flexibility index (Phi) is 4.35. The number of hydrogen-bond donors (Lipinski definition) is 2.